The van der Waals surface area contributed by atoms with Crippen LogP contribution < -0.4 is 4.74 Å². The van der Waals surface area contributed by atoms with Gasteiger partial charge in [0.15, 0.2) is 0 Å². The number of rotatable bonds is 0. The first kappa shape index (κ1) is 14.1. The summed E-state index contributed by atoms with van der Waals surface area (Å²) in [6.45, 7) is 0. The molecule has 1 heterocycles. The largest absolute Gasteiger partial charge is 0.457 e. The third-order valence-corrected chi connectivity index (χ3v) is 6.05. The molecule has 0 aromatic heterocycles. The second-order valence-electron chi connectivity index (χ2n) is 7.22. The minimum atomic E-state index is -0.234. The van der Waals surface area contributed by atoms with Crippen molar-refractivity contribution in [2.24, 2.45) is 0 Å². The van der Waals surface area contributed by atoms with Gasteiger partial charge in [0.25, 0.3) is 0 Å². The summed E-state index contributed by atoms with van der Waals surface area (Å²) in [5.74, 6) is 1.95. The number of fused-ring (bicyclic) bond motifs is 8. The lowest BCUT2D eigenvalue weighted by atomic mass is 9.64. The number of ether oxygens (including phenoxy) is 1. The normalized spacial score (nSPS) is 18.0. The molecule has 26 heavy (non-hydrogen) atoms. The monoisotopic (exact) mass is 334 g/mol. The van der Waals surface area contributed by atoms with E-state index in [0.29, 0.717) is 0 Å². The zero-order valence-corrected chi connectivity index (χ0v) is 14.4. The first-order valence-electron chi connectivity index (χ1n) is 9.27. The summed E-state index contributed by atoms with van der Waals surface area (Å²) in [6, 6.07) is 26.0. The van der Waals surface area contributed by atoms with Crippen LogP contribution in [0.1, 0.15) is 35.1 Å². The van der Waals surface area contributed by atoms with E-state index < -0.39 is 0 Å². The molecule has 0 saturated carbocycles. The van der Waals surface area contributed by atoms with Crippen LogP contribution in [0.2, 0.25) is 0 Å². The average molecular weight is 334 g/mol. The summed E-state index contributed by atoms with van der Waals surface area (Å²) in [5, 5.41) is 0. The number of benzene rings is 3. The minimum absolute atomic E-state index is 0.234. The first-order chi connectivity index (χ1) is 12.9. The van der Waals surface area contributed by atoms with E-state index >= 15 is 0 Å². The molecular formula is C25H18O. The Morgan fingerprint density at radius 2 is 1.31 bits per heavy atom. The van der Waals surface area contributed by atoms with Crippen molar-refractivity contribution in [1.29, 1.82) is 0 Å². The molecule has 0 bridgehead atoms. The lowest BCUT2D eigenvalue weighted by Gasteiger charge is -2.41. The van der Waals surface area contributed by atoms with Gasteiger partial charge in [0.1, 0.15) is 11.5 Å². The van der Waals surface area contributed by atoms with Crippen LogP contribution >= 0.6 is 0 Å². The van der Waals surface area contributed by atoms with Gasteiger partial charge in [-0.15, -0.1) is 0 Å². The maximum absolute atomic E-state index is 6.32. The molecule has 1 heteroatoms. The fraction of sp³-hybridized carbons (Fsp3) is 0.120. The standard InChI is InChI=1S/C25H18O/c1-3-11-19-17(9-1)18-10-2-4-12-20(18)25(19)21-13-5-7-15-23(21)26-24-16-8-6-14-22(24)25/h1-3,5-11,13-16H,4,12H2. The molecule has 0 unspecified atom stereocenters. The smallest absolute Gasteiger partial charge is 0.132 e. The number of para-hydroxylation sites is 2. The van der Waals surface area contributed by atoms with Gasteiger partial charge in [-0.3, -0.25) is 0 Å². The predicted molar refractivity (Wildman–Crippen MR) is 105 cm³/mol. The van der Waals surface area contributed by atoms with E-state index in [2.05, 4.69) is 84.9 Å². The summed E-state index contributed by atoms with van der Waals surface area (Å²) in [4.78, 5) is 0. The lowest BCUT2D eigenvalue weighted by molar-refractivity contribution is 0.432. The van der Waals surface area contributed by atoms with E-state index in [4.69, 9.17) is 4.74 Å². The molecule has 124 valence electrons. The zero-order chi connectivity index (χ0) is 17.1. The van der Waals surface area contributed by atoms with Gasteiger partial charge in [-0.25, -0.2) is 0 Å². The average Bonchev–Trinajstić information content (AvgIpc) is 3.00. The van der Waals surface area contributed by atoms with Crippen molar-refractivity contribution in [2.45, 2.75) is 18.3 Å². The molecular weight excluding hydrogens is 316 g/mol. The molecule has 3 aromatic carbocycles. The van der Waals surface area contributed by atoms with Crippen molar-refractivity contribution in [2.75, 3.05) is 0 Å². The number of hydrogen-bond donors (Lipinski definition) is 0. The highest BCUT2D eigenvalue weighted by atomic mass is 16.5. The SMILES string of the molecule is C1=CC2=C(CC1)C1(c3ccccc3Oc3ccccc31)c1ccccc12. The van der Waals surface area contributed by atoms with Crippen LogP contribution in [0.15, 0.2) is 90.5 Å². The molecule has 0 saturated heterocycles. The van der Waals surface area contributed by atoms with Crippen molar-refractivity contribution >= 4 is 5.57 Å². The Balaban J connectivity index is 1.83. The third-order valence-electron chi connectivity index (χ3n) is 6.05. The third kappa shape index (κ3) is 1.56. The maximum atomic E-state index is 6.32. The quantitative estimate of drug-likeness (QED) is 0.472. The van der Waals surface area contributed by atoms with E-state index in [1.54, 1.807) is 0 Å². The summed E-state index contributed by atoms with van der Waals surface area (Å²) in [5.41, 5.74) is 7.98. The fourth-order valence-corrected chi connectivity index (χ4v) is 5.12. The molecule has 3 aliphatic rings. The van der Waals surface area contributed by atoms with E-state index in [-0.39, 0.29) is 5.41 Å². The maximum Gasteiger partial charge on any atom is 0.132 e. The van der Waals surface area contributed by atoms with E-state index in [1.807, 2.05) is 0 Å². The Bertz CT molecular complexity index is 1070. The van der Waals surface area contributed by atoms with Crippen molar-refractivity contribution in [3.8, 4) is 11.5 Å². The van der Waals surface area contributed by atoms with Crippen molar-refractivity contribution in [3.63, 3.8) is 0 Å². The van der Waals surface area contributed by atoms with Crippen LogP contribution in [-0.4, -0.2) is 0 Å². The highest BCUT2D eigenvalue weighted by Crippen LogP contribution is 2.62. The molecule has 1 aliphatic heterocycles. The topological polar surface area (TPSA) is 9.23 Å². The van der Waals surface area contributed by atoms with Gasteiger partial charge in [0.2, 0.25) is 0 Å². The van der Waals surface area contributed by atoms with Crippen LogP contribution in [0, 0.1) is 0 Å². The Morgan fingerprint density at radius 1 is 0.692 bits per heavy atom. The predicted octanol–water partition coefficient (Wildman–Crippen LogP) is 6.24. The van der Waals surface area contributed by atoms with Gasteiger partial charge in [0, 0.05) is 11.1 Å². The van der Waals surface area contributed by atoms with Crippen LogP contribution in [0.4, 0.5) is 0 Å². The van der Waals surface area contributed by atoms with Crippen LogP contribution in [0.3, 0.4) is 0 Å². The van der Waals surface area contributed by atoms with Crippen molar-refractivity contribution in [3.05, 3.63) is 113 Å². The molecule has 3 aromatic rings. The molecule has 1 nitrogen and oxygen atoms in total. The van der Waals surface area contributed by atoms with Crippen LogP contribution in [0.5, 0.6) is 11.5 Å². The lowest BCUT2D eigenvalue weighted by Crippen LogP contribution is -2.33. The Hall–Kier alpha value is -3.06. The van der Waals surface area contributed by atoms with E-state index in [1.165, 1.54) is 33.4 Å². The number of hydrogen-bond acceptors (Lipinski definition) is 1. The van der Waals surface area contributed by atoms with Gasteiger partial charge in [-0.2, -0.15) is 0 Å². The summed E-state index contributed by atoms with van der Waals surface area (Å²) >= 11 is 0. The van der Waals surface area contributed by atoms with Gasteiger partial charge in [0.05, 0.1) is 5.41 Å². The zero-order valence-electron chi connectivity index (χ0n) is 14.4. The molecule has 0 N–H and O–H groups in total. The molecule has 0 fully saturated rings. The number of allylic oxidation sites excluding steroid dienone is 4. The van der Waals surface area contributed by atoms with Crippen LogP contribution in [0.25, 0.3) is 5.57 Å². The molecule has 0 amide bonds. The highest BCUT2D eigenvalue weighted by Gasteiger charge is 2.51. The Morgan fingerprint density at radius 3 is 2.04 bits per heavy atom. The van der Waals surface area contributed by atoms with E-state index in [0.717, 1.165) is 24.3 Å². The van der Waals surface area contributed by atoms with Gasteiger partial charge >= 0.3 is 0 Å². The van der Waals surface area contributed by atoms with Gasteiger partial charge in [-0.05, 0) is 47.2 Å². The Kier molecular flexibility index (Phi) is 2.71. The summed E-state index contributed by atoms with van der Waals surface area (Å²) in [6.07, 6.45) is 6.82. The molecule has 0 radical (unpaired) electrons. The minimum Gasteiger partial charge on any atom is -0.457 e. The summed E-state index contributed by atoms with van der Waals surface area (Å²) in [7, 11) is 0. The van der Waals surface area contributed by atoms with Crippen molar-refractivity contribution < 1.29 is 4.74 Å². The van der Waals surface area contributed by atoms with Gasteiger partial charge in [-0.1, -0.05) is 72.8 Å². The van der Waals surface area contributed by atoms with E-state index in [9.17, 15) is 0 Å². The molecule has 1 spiro atoms. The highest BCUT2D eigenvalue weighted by molar-refractivity contribution is 5.92. The van der Waals surface area contributed by atoms with Crippen LogP contribution in [-0.2, 0) is 5.41 Å². The second-order valence-corrected chi connectivity index (χ2v) is 7.22. The molecule has 0 atom stereocenters. The van der Waals surface area contributed by atoms with Gasteiger partial charge < -0.3 is 4.74 Å². The fourth-order valence-electron chi connectivity index (χ4n) is 5.12. The second kappa shape index (κ2) is 4.98. The molecule has 6 rings (SSSR count). The first-order valence-corrected chi connectivity index (χ1v) is 9.27. The Labute approximate surface area is 153 Å². The summed E-state index contributed by atoms with van der Waals surface area (Å²) < 4.78 is 6.32. The molecule has 2 aliphatic carbocycles. The van der Waals surface area contributed by atoms with Crippen molar-refractivity contribution in [1.82, 2.24) is 0 Å².